The molecule has 44 valence electrons. The van der Waals surface area contributed by atoms with Gasteiger partial charge in [-0.25, -0.2) is 4.39 Å². The number of hydrogen-bond donors (Lipinski definition) is 0. The second-order valence-corrected chi connectivity index (χ2v) is 1.39. The van der Waals surface area contributed by atoms with Crippen molar-refractivity contribution >= 4 is 5.78 Å². The molecule has 0 aromatic carbocycles. The quantitative estimate of drug-likeness (QED) is 0.393. The van der Waals surface area contributed by atoms with Crippen LogP contribution in [0.5, 0.6) is 0 Å². The zero-order valence-corrected chi connectivity index (χ0v) is 4.65. The zero-order chi connectivity index (χ0) is 6.57. The van der Waals surface area contributed by atoms with E-state index < -0.39 is 5.83 Å². The van der Waals surface area contributed by atoms with Crippen LogP contribution in [-0.2, 0) is 4.79 Å². The molecule has 0 unspecified atom stereocenters. The van der Waals surface area contributed by atoms with Gasteiger partial charge in [-0.1, -0.05) is 6.58 Å². The highest BCUT2D eigenvalue weighted by atomic mass is 19.1. The maximum absolute atomic E-state index is 11.6. The van der Waals surface area contributed by atoms with Crippen LogP contribution in [0.2, 0.25) is 0 Å². The van der Waals surface area contributed by atoms with Crippen molar-refractivity contribution in [2.24, 2.45) is 0 Å². The van der Waals surface area contributed by atoms with Crippen LogP contribution < -0.4 is 0 Å². The van der Waals surface area contributed by atoms with Crippen LogP contribution in [0.1, 0.15) is 6.92 Å². The molecule has 0 N–H and O–H groups in total. The molecule has 0 rings (SSSR count). The molecule has 0 saturated carbocycles. The SMILES string of the molecule is C=C(F)/C=C/C(C)=O. The topological polar surface area (TPSA) is 17.1 Å². The largest absolute Gasteiger partial charge is 0.295 e. The first-order chi connectivity index (χ1) is 3.63. The first kappa shape index (κ1) is 7.08. The van der Waals surface area contributed by atoms with Crippen molar-refractivity contribution in [3.05, 3.63) is 24.6 Å². The van der Waals surface area contributed by atoms with E-state index in [0.29, 0.717) is 0 Å². The predicted molar refractivity (Wildman–Crippen MR) is 30.1 cm³/mol. The third kappa shape index (κ3) is 5.08. The smallest absolute Gasteiger partial charge is 0.152 e. The van der Waals surface area contributed by atoms with E-state index in [1.165, 1.54) is 6.92 Å². The highest BCUT2D eigenvalue weighted by Crippen LogP contribution is 1.91. The molecule has 1 nitrogen and oxygen atoms in total. The van der Waals surface area contributed by atoms with Gasteiger partial charge in [0.2, 0.25) is 0 Å². The molecule has 0 saturated heterocycles. The van der Waals surface area contributed by atoms with Gasteiger partial charge in [-0.15, -0.1) is 0 Å². The molecule has 0 fully saturated rings. The Balaban J connectivity index is 3.67. The number of halogens is 1. The Bertz CT molecular complexity index is 119. The third-order valence-electron chi connectivity index (χ3n) is 0.499. The number of carbonyl (C=O) groups excluding carboxylic acids is 1. The molecule has 0 radical (unpaired) electrons. The summed E-state index contributed by atoms with van der Waals surface area (Å²) in [4.78, 5) is 10.1. The van der Waals surface area contributed by atoms with Crippen molar-refractivity contribution in [2.45, 2.75) is 6.92 Å². The first-order valence-corrected chi connectivity index (χ1v) is 2.16. The van der Waals surface area contributed by atoms with E-state index >= 15 is 0 Å². The van der Waals surface area contributed by atoms with Crippen LogP contribution in [0.15, 0.2) is 24.6 Å². The molecular weight excluding hydrogens is 107 g/mol. The van der Waals surface area contributed by atoms with E-state index in [9.17, 15) is 9.18 Å². The molecule has 0 atom stereocenters. The van der Waals surface area contributed by atoms with E-state index in [-0.39, 0.29) is 5.78 Å². The number of rotatable bonds is 2. The Morgan fingerprint density at radius 3 is 2.25 bits per heavy atom. The van der Waals surface area contributed by atoms with Crippen LogP contribution in [0.3, 0.4) is 0 Å². The maximum Gasteiger partial charge on any atom is 0.152 e. The molecule has 0 aliphatic carbocycles. The van der Waals surface area contributed by atoms with E-state index in [1.54, 1.807) is 0 Å². The lowest BCUT2D eigenvalue weighted by Gasteiger charge is -1.76. The lowest BCUT2D eigenvalue weighted by atomic mass is 10.4. The summed E-state index contributed by atoms with van der Waals surface area (Å²) in [6, 6.07) is 0. The van der Waals surface area contributed by atoms with E-state index in [2.05, 4.69) is 6.58 Å². The summed E-state index contributed by atoms with van der Waals surface area (Å²) >= 11 is 0. The number of carbonyl (C=O) groups is 1. The Hall–Kier alpha value is -0.920. The van der Waals surface area contributed by atoms with Crippen LogP contribution in [-0.4, -0.2) is 5.78 Å². The molecule has 0 aromatic heterocycles. The van der Waals surface area contributed by atoms with Gasteiger partial charge >= 0.3 is 0 Å². The molecule has 0 aromatic rings. The summed E-state index contributed by atoms with van der Waals surface area (Å²) in [5.74, 6) is -0.774. The Labute approximate surface area is 47.5 Å². The summed E-state index contributed by atoms with van der Waals surface area (Å²) in [6.07, 6.45) is 2.16. The highest BCUT2D eigenvalue weighted by molar-refractivity contribution is 5.87. The molecular formula is C6H7FO. The molecule has 0 spiro atoms. The van der Waals surface area contributed by atoms with Gasteiger partial charge < -0.3 is 0 Å². The van der Waals surface area contributed by atoms with Crippen molar-refractivity contribution in [2.75, 3.05) is 0 Å². The van der Waals surface area contributed by atoms with E-state index in [4.69, 9.17) is 0 Å². The fourth-order valence-electron chi connectivity index (χ4n) is 0.208. The van der Waals surface area contributed by atoms with Crippen LogP contribution in [0.4, 0.5) is 4.39 Å². The first-order valence-electron chi connectivity index (χ1n) is 2.16. The lowest BCUT2D eigenvalue weighted by Crippen LogP contribution is -1.78. The number of ketones is 1. The zero-order valence-electron chi connectivity index (χ0n) is 4.65. The summed E-state index contributed by atoms with van der Waals surface area (Å²) in [5.41, 5.74) is 0. The minimum atomic E-state index is -0.597. The minimum absolute atomic E-state index is 0.177. The second-order valence-electron chi connectivity index (χ2n) is 1.39. The molecule has 0 amide bonds. The van der Waals surface area contributed by atoms with Crippen LogP contribution in [0, 0.1) is 0 Å². The van der Waals surface area contributed by atoms with E-state index in [0.717, 1.165) is 12.2 Å². The van der Waals surface area contributed by atoms with Gasteiger partial charge in [-0.3, -0.25) is 4.79 Å². The summed E-state index contributed by atoms with van der Waals surface area (Å²) in [5, 5.41) is 0. The monoisotopic (exact) mass is 114 g/mol. The third-order valence-corrected chi connectivity index (χ3v) is 0.499. The molecule has 0 bridgehead atoms. The summed E-state index contributed by atoms with van der Waals surface area (Å²) in [6.45, 7) is 4.27. The van der Waals surface area contributed by atoms with Gasteiger partial charge in [-0.2, -0.15) is 0 Å². The van der Waals surface area contributed by atoms with Crippen molar-refractivity contribution in [3.63, 3.8) is 0 Å². The summed E-state index contributed by atoms with van der Waals surface area (Å²) < 4.78 is 11.6. The average Bonchev–Trinajstić information content (AvgIpc) is 1.61. The molecule has 8 heavy (non-hydrogen) atoms. The molecule has 0 aliphatic rings. The summed E-state index contributed by atoms with van der Waals surface area (Å²) in [7, 11) is 0. The minimum Gasteiger partial charge on any atom is -0.295 e. The Kier molecular flexibility index (Phi) is 2.77. The molecule has 2 heteroatoms. The van der Waals surface area contributed by atoms with Gasteiger partial charge in [0.15, 0.2) is 5.78 Å². The van der Waals surface area contributed by atoms with Crippen LogP contribution in [0.25, 0.3) is 0 Å². The standard InChI is InChI=1S/C6H7FO/c1-5(7)3-4-6(2)8/h3-4H,1H2,2H3/b4-3+. The average molecular weight is 114 g/mol. The van der Waals surface area contributed by atoms with Crippen molar-refractivity contribution in [3.8, 4) is 0 Å². The van der Waals surface area contributed by atoms with Gasteiger partial charge in [0.1, 0.15) is 5.83 Å². The molecule has 0 heterocycles. The lowest BCUT2D eigenvalue weighted by molar-refractivity contribution is -0.112. The Morgan fingerprint density at radius 1 is 1.62 bits per heavy atom. The van der Waals surface area contributed by atoms with Crippen molar-refractivity contribution in [1.82, 2.24) is 0 Å². The van der Waals surface area contributed by atoms with Gasteiger partial charge in [-0.05, 0) is 19.1 Å². The predicted octanol–water partition coefficient (Wildman–Crippen LogP) is 1.61. The van der Waals surface area contributed by atoms with E-state index in [1.807, 2.05) is 0 Å². The second kappa shape index (κ2) is 3.13. The van der Waals surface area contributed by atoms with Gasteiger partial charge in [0, 0.05) is 0 Å². The van der Waals surface area contributed by atoms with Gasteiger partial charge in [0.05, 0.1) is 0 Å². The fourth-order valence-corrected chi connectivity index (χ4v) is 0.208. The van der Waals surface area contributed by atoms with Gasteiger partial charge in [0.25, 0.3) is 0 Å². The highest BCUT2D eigenvalue weighted by Gasteiger charge is 1.81. The maximum atomic E-state index is 11.6. The van der Waals surface area contributed by atoms with Crippen LogP contribution >= 0.6 is 0 Å². The Morgan fingerprint density at radius 2 is 2.12 bits per heavy atom. The number of hydrogen-bond acceptors (Lipinski definition) is 1. The van der Waals surface area contributed by atoms with Crippen molar-refractivity contribution < 1.29 is 9.18 Å². The molecule has 0 aliphatic heterocycles. The number of allylic oxidation sites excluding steroid dienone is 3. The van der Waals surface area contributed by atoms with Crippen molar-refractivity contribution in [1.29, 1.82) is 0 Å². The fraction of sp³-hybridized carbons (Fsp3) is 0.167. The normalized spacial score (nSPS) is 9.75.